The lowest BCUT2D eigenvalue weighted by Crippen LogP contribution is -2.42. The molecule has 1 saturated heterocycles. The number of hydrogen-bond acceptors (Lipinski definition) is 4. The zero-order chi connectivity index (χ0) is 15.0. The fourth-order valence-electron chi connectivity index (χ4n) is 3.01. The van der Waals surface area contributed by atoms with Gasteiger partial charge in [-0.05, 0) is 38.3 Å². The summed E-state index contributed by atoms with van der Waals surface area (Å²) in [6.07, 6.45) is 2.66. The lowest BCUT2D eigenvalue weighted by molar-refractivity contribution is -0.146. The van der Waals surface area contributed by atoms with Crippen LogP contribution in [0.1, 0.15) is 34.9 Å². The van der Waals surface area contributed by atoms with Crippen LogP contribution in [0.15, 0.2) is 12.1 Å². The maximum absolute atomic E-state index is 12.1. The minimum Gasteiger partial charge on any atom is -0.463 e. The predicted molar refractivity (Wildman–Crippen MR) is 80.2 cm³/mol. The van der Waals surface area contributed by atoms with Gasteiger partial charge in [0.1, 0.15) is 6.61 Å². The zero-order valence-electron chi connectivity index (χ0n) is 12.1. The first-order chi connectivity index (χ1) is 10.1. The molecule has 2 N–H and O–H groups in total. The van der Waals surface area contributed by atoms with Crippen molar-refractivity contribution in [3.8, 4) is 0 Å². The third kappa shape index (κ3) is 3.05. The number of carbonyl (C=O) groups excluding carboxylic acids is 2. The second kappa shape index (κ2) is 5.67. The van der Waals surface area contributed by atoms with Crippen molar-refractivity contribution in [3.63, 3.8) is 0 Å². The number of likely N-dealkylation sites (tertiary alicyclic amines) is 1. The molecule has 2 heterocycles. The van der Waals surface area contributed by atoms with Gasteiger partial charge in [-0.2, -0.15) is 0 Å². The molecule has 0 aromatic carbocycles. The molecule has 2 amide bonds. The molecule has 0 unspecified atom stereocenters. The van der Waals surface area contributed by atoms with Gasteiger partial charge in [0.05, 0.1) is 12.0 Å². The monoisotopic (exact) mass is 308 g/mol. The summed E-state index contributed by atoms with van der Waals surface area (Å²) in [5.41, 5.74) is 5.31. The molecule has 6 heteroatoms. The van der Waals surface area contributed by atoms with E-state index >= 15 is 0 Å². The van der Waals surface area contributed by atoms with Crippen molar-refractivity contribution in [2.24, 2.45) is 11.7 Å². The normalized spacial score (nSPS) is 27.7. The van der Waals surface area contributed by atoms with E-state index in [1.807, 2.05) is 0 Å². The minimum atomic E-state index is -0.424. The summed E-state index contributed by atoms with van der Waals surface area (Å²) in [4.78, 5) is 27.5. The van der Waals surface area contributed by atoms with Gasteiger partial charge in [0, 0.05) is 22.2 Å². The molecule has 1 aliphatic carbocycles. The molecule has 3 rings (SSSR count). The van der Waals surface area contributed by atoms with Crippen LogP contribution in [0.3, 0.4) is 0 Å². The second-order valence-corrected chi connectivity index (χ2v) is 7.17. The van der Waals surface area contributed by atoms with E-state index in [1.54, 1.807) is 16.2 Å². The lowest BCUT2D eigenvalue weighted by Gasteiger charge is -2.22. The van der Waals surface area contributed by atoms with Crippen molar-refractivity contribution in [1.82, 2.24) is 4.90 Å². The van der Waals surface area contributed by atoms with Crippen molar-refractivity contribution in [2.45, 2.75) is 38.1 Å². The van der Waals surface area contributed by atoms with Crippen LogP contribution in [0.2, 0.25) is 0 Å². The molecule has 114 valence electrons. The Kier molecular flexibility index (Phi) is 3.89. The lowest BCUT2D eigenvalue weighted by atomic mass is 10.2. The average molecular weight is 308 g/mol. The summed E-state index contributed by atoms with van der Waals surface area (Å²) in [5.74, 6) is 0.181. The van der Waals surface area contributed by atoms with E-state index in [0.29, 0.717) is 12.5 Å². The third-order valence-electron chi connectivity index (χ3n) is 4.30. The van der Waals surface area contributed by atoms with Crippen LogP contribution in [0.5, 0.6) is 0 Å². The summed E-state index contributed by atoms with van der Waals surface area (Å²) in [5, 5.41) is 0. The molecule has 0 spiro atoms. The zero-order valence-corrected chi connectivity index (χ0v) is 12.9. The highest BCUT2D eigenvalue weighted by Crippen LogP contribution is 2.50. The van der Waals surface area contributed by atoms with Crippen LogP contribution in [0, 0.1) is 12.8 Å². The van der Waals surface area contributed by atoms with Gasteiger partial charge in [-0.25, -0.2) is 4.79 Å². The molecule has 0 radical (unpaired) electrons. The Hall–Kier alpha value is -1.56. The Bertz CT molecular complexity index is 557. The largest absolute Gasteiger partial charge is 0.463 e. The summed E-state index contributed by atoms with van der Waals surface area (Å²) in [6, 6.07) is 3.72. The molecular weight excluding hydrogens is 288 g/mol. The number of urea groups is 1. The smallest absolute Gasteiger partial charge is 0.315 e. The third-order valence-corrected chi connectivity index (χ3v) is 5.43. The maximum Gasteiger partial charge on any atom is 0.315 e. The minimum absolute atomic E-state index is 0.00789. The molecular formula is C15H20N2O3S. The number of thiophene rings is 1. The number of nitrogens with zero attached hydrogens (tertiary/aromatic N) is 1. The molecule has 1 aromatic rings. The Morgan fingerprint density at radius 3 is 2.95 bits per heavy atom. The van der Waals surface area contributed by atoms with Gasteiger partial charge in [0.25, 0.3) is 0 Å². The summed E-state index contributed by atoms with van der Waals surface area (Å²) < 4.78 is 5.41. The van der Waals surface area contributed by atoms with Crippen molar-refractivity contribution >= 4 is 23.3 Å². The number of esters is 1. The first kappa shape index (κ1) is 14.4. The number of hydrogen-bond donors (Lipinski definition) is 1. The molecule has 5 nitrogen and oxygen atoms in total. The summed E-state index contributed by atoms with van der Waals surface area (Å²) in [7, 11) is 0. The quantitative estimate of drug-likeness (QED) is 0.867. The van der Waals surface area contributed by atoms with E-state index in [2.05, 4.69) is 19.1 Å². The van der Waals surface area contributed by atoms with Crippen LogP contribution in [-0.4, -0.2) is 36.1 Å². The highest BCUT2D eigenvalue weighted by molar-refractivity contribution is 7.12. The van der Waals surface area contributed by atoms with E-state index < -0.39 is 6.03 Å². The predicted octanol–water partition coefficient (Wildman–Crippen LogP) is 2.25. The average Bonchev–Trinajstić information content (AvgIpc) is 2.90. The molecule has 21 heavy (non-hydrogen) atoms. The van der Waals surface area contributed by atoms with E-state index in [4.69, 9.17) is 10.5 Å². The number of ether oxygens (including phenoxy) is 1. The topological polar surface area (TPSA) is 72.6 Å². The van der Waals surface area contributed by atoms with Gasteiger partial charge < -0.3 is 15.4 Å². The molecule has 2 aliphatic rings. The van der Waals surface area contributed by atoms with Crippen LogP contribution in [0.4, 0.5) is 4.79 Å². The van der Waals surface area contributed by atoms with Gasteiger partial charge in [0.15, 0.2) is 0 Å². The number of carbonyl (C=O) groups is 2. The fourth-order valence-corrected chi connectivity index (χ4v) is 4.06. The number of amides is 2. The van der Waals surface area contributed by atoms with Crippen molar-refractivity contribution < 1.29 is 14.3 Å². The standard InChI is InChI=1S/C15H20N2O3S/c1-9-4-5-13(21-9)11-7-12(11)14(18)20-8-10-3-2-6-17(10)15(16)19/h4-5,10-12H,2-3,6-8H2,1H3,(H2,16,19)/t10-,11+,12+/m0/s1. The molecule has 0 bridgehead atoms. The first-order valence-corrected chi connectivity index (χ1v) is 8.17. The van der Waals surface area contributed by atoms with Gasteiger partial charge in [0.2, 0.25) is 0 Å². The highest BCUT2D eigenvalue weighted by atomic mass is 32.1. The van der Waals surface area contributed by atoms with Crippen LogP contribution >= 0.6 is 11.3 Å². The summed E-state index contributed by atoms with van der Waals surface area (Å²) in [6.45, 7) is 3.01. The Morgan fingerprint density at radius 2 is 2.29 bits per heavy atom. The molecule has 3 atom stereocenters. The second-order valence-electron chi connectivity index (χ2n) is 5.85. The number of nitrogens with two attached hydrogens (primary N) is 1. The van der Waals surface area contributed by atoms with E-state index in [9.17, 15) is 9.59 Å². The Labute approximate surface area is 128 Å². The molecule has 1 saturated carbocycles. The summed E-state index contributed by atoms with van der Waals surface area (Å²) >= 11 is 1.75. The number of rotatable bonds is 4. The Balaban J connectivity index is 1.48. The van der Waals surface area contributed by atoms with Crippen LogP contribution in [-0.2, 0) is 9.53 Å². The van der Waals surface area contributed by atoms with Crippen LogP contribution in [0.25, 0.3) is 0 Å². The maximum atomic E-state index is 12.1. The fraction of sp³-hybridized carbons (Fsp3) is 0.600. The number of primary amides is 1. The van der Waals surface area contributed by atoms with Gasteiger partial charge in [-0.1, -0.05) is 0 Å². The molecule has 1 aliphatic heterocycles. The van der Waals surface area contributed by atoms with Crippen molar-refractivity contribution in [2.75, 3.05) is 13.2 Å². The van der Waals surface area contributed by atoms with Crippen LogP contribution < -0.4 is 5.73 Å². The van der Waals surface area contributed by atoms with E-state index in [-0.39, 0.29) is 24.5 Å². The first-order valence-electron chi connectivity index (χ1n) is 7.35. The van der Waals surface area contributed by atoms with E-state index in [1.165, 1.54) is 9.75 Å². The highest BCUT2D eigenvalue weighted by Gasteiger charge is 2.46. The molecule has 2 fully saturated rings. The van der Waals surface area contributed by atoms with E-state index in [0.717, 1.165) is 19.3 Å². The SMILES string of the molecule is Cc1ccc([C@@H]2C[C@H]2C(=O)OC[C@@H]2CCCN2C(N)=O)s1. The van der Waals surface area contributed by atoms with Gasteiger partial charge >= 0.3 is 12.0 Å². The Morgan fingerprint density at radius 1 is 1.48 bits per heavy atom. The molecule has 1 aromatic heterocycles. The van der Waals surface area contributed by atoms with Gasteiger partial charge in [-0.3, -0.25) is 4.79 Å². The van der Waals surface area contributed by atoms with Crippen molar-refractivity contribution in [3.05, 3.63) is 21.9 Å². The van der Waals surface area contributed by atoms with Crippen molar-refractivity contribution in [1.29, 1.82) is 0 Å². The van der Waals surface area contributed by atoms with Gasteiger partial charge in [-0.15, -0.1) is 11.3 Å². The number of aryl methyl sites for hydroxylation is 1.